The molecule has 4 N–H and O–H groups in total. The highest BCUT2D eigenvalue weighted by atomic mass is 35.5. The molecular formula is C11H12ClFN4O2S. The molecule has 1 aromatic carbocycles. The number of thioether (sulfide) groups is 1. The van der Waals surface area contributed by atoms with Gasteiger partial charge in [0.25, 0.3) is 0 Å². The third-order valence-electron chi connectivity index (χ3n) is 2.36. The van der Waals surface area contributed by atoms with Crippen molar-refractivity contribution in [3.05, 3.63) is 29.0 Å². The molecule has 1 fully saturated rings. The van der Waals surface area contributed by atoms with Gasteiger partial charge in [0.2, 0.25) is 11.8 Å². The van der Waals surface area contributed by atoms with Gasteiger partial charge in [-0.1, -0.05) is 11.6 Å². The molecule has 0 aromatic heterocycles. The fourth-order valence-electron chi connectivity index (χ4n) is 1.47. The minimum atomic E-state index is -0.542. The van der Waals surface area contributed by atoms with Gasteiger partial charge in [-0.3, -0.25) is 9.59 Å². The summed E-state index contributed by atoms with van der Waals surface area (Å²) in [5, 5.41) is 5.19. The van der Waals surface area contributed by atoms with E-state index >= 15 is 0 Å². The van der Waals surface area contributed by atoms with Crippen LogP contribution in [0.25, 0.3) is 0 Å². The van der Waals surface area contributed by atoms with Crippen molar-refractivity contribution in [1.29, 1.82) is 0 Å². The number of nitrogens with one attached hydrogen (secondary N) is 4. The second kappa shape index (κ2) is 6.89. The highest BCUT2D eigenvalue weighted by molar-refractivity contribution is 8.00. The molecule has 1 saturated heterocycles. The summed E-state index contributed by atoms with van der Waals surface area (Å²) >= 11 is 6.83. The summed E-state index contributed by atoms with van der Waals surface area (Å²) in [6.07, 6.45) is 0. The van der Waals surface area contributed by atoms with Gasteiger partial charge in [-0.05, 0) is 18.2 Å². The lowest BCUT2D eigenvalue weighted by atomic mass is 10.3. The molecule has 0 saturated carbocycles. The summed E-state index contributed by atoms with van der Waals surface area (Å²) in [6, 6.07) is 3.94. The molecule has 108 valence electrons. The first-order chi connectivity index (χ1) is 9.54. The van der Waals surface area contributed by atoms with Crippen LogP contribution >= 0.6 is 23.4 Å². The standard InChI is InChI=1S/C11H12ClFN4O2S/c12-7-3-6(1-2-8(7)13)15-10(19)5-20-11-16-9(18)4-14-17-11/h1-3,11,14,17H,4-5H2,(H,15,19)(H,16,18). The topological polar surface area (TPSA) is 82.3 Å². The molecule has 0 aliphatic carbocycles. The first-order valence-electron chi connectivity index (χ1n) is 5.69. The molecule has 1 heterocycles. The van der Waals surface area contributed by atoms with Gasteiger partial charge in [-0.25, -0.2) is 15.2 Å². The Labute approximate surface area is 123 Å². The molecule has 1 atom stereocenters. The normalized spacial score (nSPS) is 18.5. The predicted molar refractivity (Wildman–Crippen MR) is 75.6 cm³/mol. The van der Waals surface area contributed by atoms with Crippen LogP contribution in [-0.2, 0) is 9.59 Å². The van der Waals surface area contributed by atoms with Gasteiger partial charge in [0.15, 0.2) is 0 Å². The number of hydrogen-bond donors (Lipinski definition) is 4. The average Bonchev–Trinajstić information content (AvgIpc) is 2.41. The van der Waals surface area contributed by atoms with Crippen LogP contribution in [0.4, 0.5) is 10.1 Å². The van der Waals surface area contributed by atoms with E-state index in [9.17, 15) is 14.0 Å². The Morgan fingerprint density at radius 2 is 2.35 bits per heavy atom. The van der Waals surface area contributed by atoms with Gasteiger partial charge in [0.05, 0.1) is 17.3 Å². The van der Waals surface area contributed by atoms with E-state index in [1.54, 1.807) is 0 Å². The molecule has 9 heteroatoms. The van der Waals surface area contributed by atoms with Crippen molar-refractivity contribution in [3.8, 4) is 0 Å². The molecule has 0 spiro atoms. The largest absolute Gasteiger partial charge is 0.330 e. The van der Waals surface area contributed by atoms with Crippen molar-refractivity contribution in [3.63, 3.8) is 0 Å². The maximum Gasteiger partial charge on any atom is 0.237 e. The zero-order chi connectivity index (χ0) is 14.5. The van der Waals surface area contributed by atoms with Gasteiger partial charge in [0.1, 0.15) is 11.3 Å². The molecule has 2 rings (SSSR count). The zero-order valence-electron chi connectivity index (χ0n) is 10.2. The Balaban J connectivity index is 1.80. The number of carbonyl (C=O) groups is 2. The quantitative estimate of drug-likeness (QED) is 0.655. The van der Waals surface area contributed by atoms with E-state index in [0.29, 0.717) is 5.69 Å². The minimum absolute atomic E-state index is 0.0548. The Morgan fingerprint density at radius 1 is 1.55 bits per heavy atom. The number of hydrazine groups is 1. The molecule has 1 aromatic rings. The van der Waals surface area contributed by atoms with Crippen LogP contribution in [-0.4, -0.2) is 29.6 Å². The number of benzene rings is 1. The minimum Gasteiger partial charge on any atom is -0.330 e. The molecule has 0 bridgehead atoms. The lowest BCUT2D eigenvalue weighted by Crippen LogP contribution is -2.58. The van der Waals surface area contributed by atoms with Crippen LogP contribution in [0.1, 0.15) is 0 Å². The summed E-state index contributed by atoms with van der Waals surface area (Å²) in [7, 11) is 0. The molecule has 6 nitrogen and oxygen atoms in total. The van der Waals surface area contributed by atoms with Crippen molar-refractivity contribution in [1.82, 2.24) is 16.2 Å². The average molecular weight is 319 g/mol. The van der Waals surface area contributed by atoms with E-state index < -0.39 is 5.82 Å². The first-order valence-corrected chi connectivity index (χ1v) is 7.11. The zero-order valence-corrected chi connectivity index (χ0v) is 11.8. The summed E-state index contributed by atoms with van der Waals surface area (Å²) < 4.78 is 13.0. The Kier molecular flexibility index (Phi) is 5.18. The van der Waals surface area contributed by atoms with Gasteiger partial charge in [-0.15, -0.1) is 11.8 Å². The van der Waals surface area contributed by atoms with Gasteiger partial charge in [0, 0.05) is 5.69 Å². The predicted octanol–water partition coefficient (Wildman–Crippen LogP) is 0.658. The molecule has 0 radical (unpaired) electrons. The van der Waals surface area contributed by atoms with E-state index in [-0.39, 0.29) is 34.6 Å². The molecule has 1 aliphatic heterocycles. The van der Waals surface area contributed by atoms with Crippen molar-refractivity contribution in [2.24, 2.45) is 0 Å². The fourth-order valence-corrected chi connectivity index (χ4v) is 2.42. The van der Waals surface area contributed by atoms with Gasteiger partial charge < -0.3 is 10.6 Å². The fraction of sp³-hybridized carbons (Fsp3) is 0.273. The smallest absolute Gasteiger partial charge is 0.237 e. The lowest BCUT2D eigenvalue weighted by Gasteiger charge is -2.24. The maximum absolute atomic E-state index is 13.0. The van der Waals surface area contributed by atoms with Gasteiger partial charge in [-0.2, -0.15) is 0 Å². The van der Waals surface area contributed by atoms with E-state index in [0.717, 1.165) is 0 Å². The summed E-state index contributed by atoms with van der Waals surface area (Å²) in [5.41, 5.74) is 5.55. The Hall–Kier alpha value is -1.35. The van der Waals surface area contributed by atoms with E-state index in [1.165, 1.54) is 30.0 Å². The van der Waals surface area contributed by atoms with Crippen molar-refractivity contribution < 1.29 is 14.0 Å². The number of carbonyl (C=O) groups excluding carboxylic acids is 2. The molecule has 1 aliphatic rings. The second-order valence-corrected chi connectivity index (χ2v) is 5.43. The van der Waals surface area contributed by atoms with Crippen LogP contribution in [0.2, 0.25) is 5.02 Å². The van der Waals surface area contributed by atoms with Crippen molar-refractivity contribution in [2.75, 3.05) is 17.6 Å². The monoisotopic (exact) mass is 318 g/mol. The van der Waals surface area contributed by atoms with Crippen molar-refractivity contribution >= 4 is 40.9 Å². The van der Waals surface area contributed by atoms with E-state index in [2.05, 4.69) is 21.5 Å². The number of anilines is 1. The SMILES string of the molecule is O=C(CSC1NNCC(=O)N1)Nc1ccc(F)c(Cl)c1. The molecule has 20 heavy (non-hydrogen) atoms. The van der Waals surface area contributed by atoms with Crippen molar-refractivity contribution in [2.45, 2.75) is 5.50 Å². The Morgan fingerprint density at radius 3 is 3.05 bits per heavy atom. The summed E-state index contributed by atoms with van der Waals surface area (Å²) in [6.45, 7) is 0.192. The van der Waals surface area contributed by atoms with Gasteiger partial charge >= 0.3 is 0 Å². The summed E-state index contributed by atoms with van der Waals surface area (Å²) in [4.78, 5) is 22.8. The number of rotatable bonds is 4. The molecule has 1 unspecified atom stereocenters. The van der Waals surface area contributed by atoms with Crippen LogP contribution in [0.15, 0.2) is 18.2 Å². The van der Waals surface area contributed by atoms with Crippen LogP contribution in [0.5, 0.6) is 0 Å². The van der Waals surface area contributed by atoms with Crippen LogP contribution < -0.4 is 21.5 Å². The second-order valence-electron chi connectivity index (χ2n) is 3.93. The first kappa shape index (κ1) is 15.0. The Bertz CT molecular complexity index is 531. The van der Waals surface area contributed by atoms with Crippen LogP contribution in [0, 0.1) is 5.82 Å². The lowest BCUT2D eigenvalue weighted by molar-refractivity contribution is -0.122. The van der Waals surface area contributed by atoms with E-state index in [1.807, 2.05) is 0 Å². The highest BCUT2D eigenvalue weighted by Crippen LogP contribution is 2.19. The highest BCUT2D eigenvalue weighted by Gasteiger charge is 2.18. The summed E-state index contributed by atoms with van der Waals surface area (Å²) in [5.74, 6) is -0.847. The molecular weight excluding hydrogens is 307 g/mol. The maximum atomic E-state index is 13.0. The molecule has 2 amide bonds. The third-order valence-corrected chi connectivity index (χ3v) is 3.65. The number of halogens is 2. The number of amides is 2. The number of hydrogen-bond acceptors (Lipinski definition) is 5. The van der Waals surface area contributed by atoms with Crippen LogP contribution in [0.3, 0.4) is 0 Å². The third kappa shape index (κ3) is 4.34. The van der Waals surface area contributed by atoms with E-state index in [4.69, 9.17) is 11.6 Å².